The third kappa shape index (κ3) is 6.83. The van der Waals surface area contributed by atoms with Crippen molar-refractivity contribution in [3.8, 4) is 0 Å². The second-order valence-corrected chi connectivity index (χ2v) is 6.59. The zero-order chi connectivity index (χ0) is 14.1. The van der Waals surface area contributed by atoms with E-state index in [2.05, 4.69) is 5.82 Å². The van der Waals surface area contributed by atoms with Gasteiger partial charge in [0.15, 0.2) is 0 Å². The predicted molar refractivity (Wildman–Crippen MR) is 69.5 cm³/mol. The van der Waals surface area contributed by atoms with E-state index in [0.717, 1.165) is 5.82 Å². The summed E-state index contributed by atoms with van der Waals surface area (Å²) in [4.78, 5) is 0. The lowest BCUT2D eigenvalue weighted by Crippen LogP contribution is -1.95. The van der Waals surface area contributed by atoms with Crippen LogP contribution in [-0.4, -0.2) is 26.4 Å². The predicted octanol–water partition coefficient (Wildman–Crippen LogP) is 3.79. The van der Waals surface area contributed by atoms with Gasteiger partial charge in [0.25, 0.3) is 0 Å². The van der Waals surface area contributed by atoms with Gasteiger partial charge in [0, 0.05) is 5.82 Å². The van der Waals surface area contributed by atoms with Crippen molar-refractivity contribution in [1.29, 1.82) is 0 Å². The number of hydrogen-bond donors (Lipinski definition) is 0. The molecule has 6 nitrogen and oxygen atoms in total. The highest BCUT2D eigenvalue weighted by Gasteiger charge is 2.26. The summed E-state index contributed by atoms with van der Waals surface area (Å²) in [7, 11) is -6.93. The Kier molecular flexibility index (Phi) is 9.05. The lowest BCUT2D eigenvalue weighted by atomic mass is 10.9. The fraction of sp³-hybridized carbons (Fsp3) is 0.800. The number of rotatable bonds is 10. The molecule has 0 aliphatic carbocycles. The van der Waals surface area contributed by atoms with E-state index in [1.165, 1.54) is 0 Å². The molecule has 1 radical (unpaired) electrons. The summed E-state index contributed by atoms with van der Waals surface area (Å²) in [5.41, 5.74) is 0. The van der Waals surface area contributed by atoms with Gasteiger partial charge in [-0.05, 0) is 27.7 Å². The second-order valence-electron chi connectivity index (χ2n) is 2.97. The Balaban J connectivity index is 4.91. The van der Waals surface area contributed by atoms with E-state index in [-0.39, 0.29) is 26.4 Å². The molecule has 0 rings (SSSR count). The maximum atomic E-state index is 12.1. The van der Waals surface area contributed by atoms with Crippen LogP contribution in [0.25, 0.3) is 0 Å². The van der Waals surface area contributed by atoms with Gasteiger partial charge in [0.05, 0.1) is 32.2 Å². The van der Waals surface area contributed by atoms with Crippen LogP contribution < -0.4 is 0 Å². The average Bonchev–Trinajstić information content (AvgIpc) is 2.28. The molecule has 0 N–H and O–H groups in total. The lowest BCUT2D eigenvalue weighted by molar-refractivity contribution is 0.223. The van der Waals surface area contributed by atoms with Crippen molar-refractivity contribution in [3.05, 3.63) is 11.6 Å². The summed E-state index contributed by atoms with van der Waals surface area (Å²) in [5.74, 6) is 3.40. The molecule has 0 fully saturated rings. The van der Waals surface area contributed by atoms with Crippen molar-refractivity contribution in [1.82, 2.24) is 0 Å². The smallest absolute Gasteiger partial charge is 0.306 e. The third-order valence-electron chi connectivity index (χ3n) is 1.59. The Morgan fingerprint density at radius 3 is 1.56 bits per heavy atom. The van der Waals surface area contributed by atoms with E-state index in [1.54, 1.807) is 27.7 Å². The molecule has 0 aromatic rings. The molecule has 0 aromatic carbocycles. The first-order chi connectivity index (χ1) is 8.45. The van der Waals surface area contributed by atoms with Crippen LogP contribution in [0.3, 0.4) is 0 Å². The zero-order valence-corrected chi connectivity index (χ0v) is 13.0. The Hall–Kier alpha value is 0.0400. The van der Waals surface area contributed by atoms with E-state index in [9.17, 15) is 9.13 Å². The van der Waals surface area contributed by atoms with Crippen molar-refractivity contribution >= 4 is 15.2 Å². The fourth-order valence-electron chi connectivity index (χ4n) is 1.06. The van der Waals surface area contributed by atoms with E-state index in [4.69, 9.17) is 18.1 Å². The summed E-state index contributed by atoms with van der Waals surface area (Å²) in [6, 6.07) is 0. The average molecular weight is 299 g/mol. The van der Waals surface area contributed by atoms with Crippen LogP contribution in [0.4, 0.5) is 0 Å². The molecule has 0 aliphatic rings. The zero-order valence-electron chi connectivity index (χ0n) is 11.2. The molecule has 107 valence electrons. The van der Waals surface area contributed by atoms with Crippen molar-refractivity contribution in [2.24, 2.45) is 0 Å². The van der Waals surface area contributed by atoms with Crippen molar-refractivity contribution < 1.29 is 27.2 Å². The Labute approximate surface area is 109 Å². The molecule has 0 heterocycles. The van der Waals surface area contributed by atoms with Crippen LogP contribution in [-0.2, 0) is 27.2 Å². The standard InChI is InChI=1S/C10H21O6P2/c1-5-13-17(11,14-6-2)9-10-18(12,15-7-3)16-8-4/h9H,5-8H2,1-4H3. The van der Waals surface area contributed by atoms with Crippen LogP contribution in [0.5, 0.6) is 0 Å². The summed E-state index contributed by atoms with van der Waals surface area (Å²) >= 11 is 0. The van der Waals surface area contributed by atoms with Gasteiger partial charge in [-0.25, -0.2) is 0 Å². The molecule has 8 heteroatoms. The Morgan fingerprint density at radius 1 is 0.833 bits per heavy atom. The summed E-state index contributed by atoms with van der Waals surface area (Å²) in [5, 5.41) is 0. The molecule has 0 saturated carbocycles. The van der Waals surface area contributed by atoms with Gasteiger partial charge in [-0.1, -0.05) is 0 Å². The molecule has 0 bridgehead atoms. The van der Waals surface area contributed by atoms with E-state index in [0.29, 0.717) is 0 Å². The summed E-state index contributed by atoms with van der Waals surface area (Å²) in [6.07, 6.45) is 0. The largest absolute Gasteiger partial charge is 0.362 e. The van der Waals surface area contributed by atoms with Crippen molar-refractivity contribution in [2.75, 3.05) is 26.4 Å². The summed E-state index contributed by atoms with van der Waals surface area (Å²) < 4.78 is 44.1. The van der Waals surface area contributed by atoms with Crippen LogP contribution in [0, 0.1) is 5.82 Å². The van der Waals surface area contributed by atoms with Gasteiger partial charge in [-0.15, -0.1) is 0 Å². The highest BCUT2D eigenvalue weighted by atomic mass is 31.2. The van der Waals surface area contributed by atoms with E-state index >= 15 is 0 Å². The highest BCUT2D eigenvalue weighted by Crippen LogP contribution is 2.55. The minimum absolute atomic E-state index is 0.200. The van der Waals surface area contributed by atoms with Crippen LogP contribution in [0.2, 0.25) is 0 Å². The van der Waals surface area contributed by atoms with Crippen molar-refractivity contribution in [2.45, 2.75) is 27.7 Å². The molecule has 0 spiro atoms. The van der Waals surface area contributed by atoms with Crippen LogP contribution in [0.1, 0.15) is 27.7 Å². The molecular weight excluding hydrogens is 278 g/mol. The second kappa shape index (κ2) is 9.03. The van der Waals surface area contributed by atoms with Gasteiger partial charge in [-0.2, -0.15) is 0 Å². The van der Waals surface area contributed by atoms with Gasteiger partial charge in [0.2, 0.25) is 0 Å². The third-order valence-corrected chi connectivity index (χ3v) is 5.12. The first-order valence-corrected chi connectivity index (χ1v) is 9.00. The maximum Gasteiger partial charge on any atom is 0.362 e. The quantitative estimate of drug-likeness (QED) is 0.571. The fourth-order valence-corrected chi connectivity index (χ4v) is 4.04. The van der Waals surface area contributed by atoms with Gasteiger partial charge in [-0.3, -0.25) is 9.13 Å². The minimum atomic E-state index is -3.50. The van der Waals surface area contributed by atoms with Crippen molar-refractivity contribution in [3.63, 3.8) is 0 Å². The molecule has 0 amide bonds. The molecule has 0 atom stereocenters. The van der Waals surface area contributed by atoms with Gasteiger partial charge >= 0.3 is 15.2 Å². The molecule has 0 unspecified atom stereocenters. The maximum absolute atomic E-state index is 12.1. The lowest BCUT2D eigenvalue weighted by Gasteiger charge is -2.15. The molecule has 0 aromatic heterocycles. The van der Waals surface area contributed by atoms with E-state index < -0.39 is 15.2 Å². The Morgan fingerprint density at radius 2 is 1.22 bits per heavy atom. The minimum Gasteiger partial charge on any atom is -0.306 e. The van der Waals surface area contributed by atoms with Gasteiger partial charge < -0.3 is 18.1 Å². The number of hydrogen-bond acceptors (Lipinski definition) is 6. The Bertz CT molecular complexity index is 289. The van der Waals surface area contributed by atoms with E-state index in [1.807, 2.05) is 0 Å². The topological polar surface area (TPSA) is 71.1 Å². The molecule has 0 aliphatic heterocycles. The van der Waals surface area contributed by atoms with Crippen LogP contribution in [0.15, 0.2) is 5.82 Å². The first-order valence-electron chi connectivity index (χ1n) is 5.85. The monoisotopic (exact) mass is 299 g/mol. The summed E-state index contributed by atoms with van der Waals surface area (Å²) in [6.45, 7) is 7.55. The molecule has 18 heavy (non-hydrogen) atoms. The SMILES string of the molecule is CCOP(=O)(/[C]=C/P(=O)(OCC)OCC)OCC. The van der Waals surface area contributed by atoms with Crippen LogP contribution >= 0.6 is 15.2 Å². The normalized spacial score (nSPS) is 13.3. The van der Waals surface area contributed by atoms with Gasteiger partial charge in [0.1, 0.15) is 0 Å². The molecule has 0 saturated heterocycles. The first kappa shape index (κ1) is 18.0. The highest BCUT2D eigenvalue weighted by molar-refractivity contribution is 7.60. The molecular formula is C10H21O6P2.